The number of nitrogens with one attached hydrogen (secondary N) is 1. The fourth-order valence-corrected chi connectivity index (χ4v) is 3.22. The zero-order valence-electron chi connectivity index (χ0n) is 14.0. The molecule has 1 aliphatic rings. The normalized spacial score (nSPS) is 16.4. The van der Waals surface area contributed by atoms with Crippen LogP contribution in [0.15, 0.2) is 54.6 Å². The van der Waals surface area contributed by atoms with Gasteiger partial charge in [0.05, 0.1) is 12.5 Å². The van der Waals surface area contributed by atoms with Gasteiger partial charge in [-0.25, -0.2) is 0 Å². The van der Waals surface area contributed by atoms with E-state index in [9.17, 15) is 4.79 Å². The number of carbonyl (C=O) groups is 1. The minimum absolute atomic E-state index is 0.0693. The Balaban J connectivity index is 1.80. The summed E-state index contributed by atoms with van der Waals surface area (Å²) in [6.45, 7) is 1.74. The molecule has 0 spiro atoms. The minimum Gasteiger partial charge on any atom is -0.497 e. The zero-order valence-corrected chi connectivity index (χ0v) is 14.0. The maximum atomic E-state index is 13.1. The molecule has 24 heavy (non-hydrogen) atoms. The highest BCUT2D eigenvalue weighted by Crippen LogP contribution is 2.36. The first-order valence-corrected chi connectivity index (χ1v) is 8.29. The van der Waals surface area contributed by atoms with E-state index in [0.717, 1.165) is 16.9 Å². The van der Waals surface area contributed by atoms with Crippen LogP contribution in [0.2, 0.25) is 0 Å². The van der Waals surface area contributed by atoms with Gasteiger partial charge in [-0.15, -0.1) is 0 Å². The molecule has 4 nitrogen and oxygen atoms in total. The molecule has 1 N–H and O–H groups in total. The number of rotatable bonds is 5. The second-order valence-electron chi connectivity index (χ2n) is 6.09. The summed E-state index contributed by atoms with van der Waals surface area (Å²) in [5, 5.41) is 3.11. The third-order valence-electron chi connectivity index (χ3n) is 4.72. The molecule has 2 aromatic rings. The van der Waals surface area contributed by atoms with E-state index < -0.39 is 5.41 Å². The van der Waals surface area contributed by atoms with E-state index in [2.05, 4.69) is 5.32 Å². The molecule has 0 unspecified atom stereocenters. The van der Waals surface area contributed by atoms with Crippen molar-refractivity contribution < 1.29 is 14.3 Å². The molecule has 1 heterocycles. The first-order valence-electron chi connectivity index (χ1n) is 8.29. The van der Waals surface area contributed by atoms with Crippen LogP contribution in [0.4, 0.5) is 0 Å². The summed E-state index contributed by atoms with van der Waals surface area (Å²) in [4.78, 5) is 13.1. The highest BCUT2D eigenvalue weighted by Gasteiger charge is 2.41. The molecule has 0 aliphatic carbocycles. The number of hydrogen-bond acceptors (Lipinski definition) is 3. The fourth-order valence-electron chi connectivity index (χ4n) is 3.22. The number of hydrogen-bond donors (Lipinski definition) is 1. The maximum absolute atomic E-state index is 13.1. The molecule has 0 bridgehead atoms. The molecule has 1 amide bonds. The smallest absolute Gasteiger partial charge is 0.231 e. The van der Waals surface area contributed by atoms with Crippen molar-refractivity contribution in [3.63, 3.8) is 0 Å². The molecular weight excluding hydrogens is 302 g/mol. The van der Waals surface area contributed by atoms with E-state index in [4.69, 9.17) is 9.47 Å². The predicted octanol–water partition coefficient (Wildman–Crippen LogP) is 3.06. The van der Waals surface area contributed by atoms with Gasteiger partial charge in [0, 0.05) is 19.8 Å². The van der Waals surface area contributed by atoms with Crippen molar-refractivity contribution in [2.24, 2.45) is 0 Å². The van der Waals surface area contributed by atoms with Gasteiger partial charge in [-0.2, -0.15) is 0 Å². The highest BCUT2D eigenvalue weighted by molar-refractivity contribution is 5.88. The molecule has 0 atom stereocenters. The van der Waals surface area contributed by atoms with Crippen LogP contribution in [0, 0.1) is 0 Å². The number of ether oxygens (including phenoxy) is 2. The van der Waals surface area contributed by atoms with Crippen molar-refractivity contribution in [3.8, 4) is 5.75 Å². The molecule has 1 fully saturated rings. The molecule has 1 aliphatic heterocycles. The lowest BCUT2D eigenvalue weighted by Crippen LogP contribution is -2.47. The summed E-state index contributed by atoms with van der Waals surface area (Å²) in [6.07, 6.45) is 1.39. The number of methoxy groups -OCH3 is 1. The Hall–Kier alpha value is -2.33. The average molecular weight is 325 g/mol. The third kappa shape index (κ3) is 3.44. The first-order chi connectivity index (χ1) is 11.7. The van der Waals surface area contributed by atoms with Gasteiger partial charge >= 0.3 is 0 Å². The van der Waals surface area contributed by atoms with E-state index in [1.807, 2.05) is 54.6 Å². The van der Waals surface area contributed by atoms with Crippen molar-refractivity contribution in [2.45, 2.75) is 24.8 Å². The van der Waals surface area contributed by atoms with Gasteiger partial charge in [0.25, 0.3) is 0 Å². The van der Waals surface area contributed by atoms with Gasteiger partial charge in [0.15, 0.2) is 0 Å². The summed E-state index contributed by atoms with van der Waals surface area (Å²) in [5.41, 5.74) is 1.60. The number of carbonyl (C=O) groups excluding carboxylic acids is 1. The molecule has 1 saturated heterocycles. The third-order valence-corrected chi connectivity index (χ3v) is 4.72. The molecule has 3 rings (SSSR count). The molecule has 0 aromatic heterocycles. The molecule has 0 radical (unpaired) electrons. The van der Waals surface area contributed by atoms with Gasteiger partial charge < -0.3 is 14.8 Å². The lowest BCUT2D eigenvalue weighted by atomic mass is 9.73. The monoisotopic (exact) mass is 325 g/mol. The van der Waals surface area contributed by atoms with Gasteiger partial charge in [0.1, 0.15) is 5.75 Å². The van der Waals surface area contributed by atoms with E-state index in [1.165, 1.54) is 0 Å². The summed E-state index contributed by atoms with van der Waals surface area (Å²) in [6, 6.07) is 17.8. The predicted molar refractivity (Wildman–Crippen MR) is 93.0 cm³/mol. The van der Waals surface area contributed by atoms with E-state index in [-0.39, 0.29) is 5.91 Å². The Morgan fingerprint density at radius 1 is 1.08 bits per heavy atom. The maximum Gasteiger partial charge on any atom is 0.231 e. The van der Waals surface area contributed by atoms with Crippen LogP contribution in [0.1, 0.15) is 24.0 Å². The Morgan fingerprint density at radius 3 is 2.38 bits per heavy atom. The summed E-state index contributed by atoms with van der Waals surface area (Å²) >= 11 is 0. The fraction of sp³-hybridized carbons (Fsp3) is 0.350. The van der Waals surface area contributed by atoms with Crippen LogP contribution < -0.4 is 10.1 Å². The number of benzene rings is 2. The lowest BCUT2D eigenvalue weighted by Gasteiger charge is -2.36. The average Bonchev–Trinajstić information content (AvgIpc) is 2.67. The van der Waals surface area contributed by atoms with Crippen molar-refractivity contribution in [1.82, 2.24) is 5.32 Å². The van der Waals surface area contributed by atoms with Gasteiger partial charge in [-0.3, -0.25) is 4.79 Å². The van der Waals surface area contributed by atoms with E-state index in [0.29, 0.717) is 32.6 Å². The van der Waals surface area contributed by atoms with Gasteiger partial charge in [-0.1, -0.05) is 42.5 Å². The number of amides is 1. The largest absolute Gasteiger partial charge is 0.497 e. The Bertz CT molecular complexity index is 661. The van der Waals surface area contributed by atoms with Crippen molar-refractivity contribution in [2.75, 3.05) is 20.3 Å². The van der Waals surface area contributed by atoms with E-state index in [1.54, 1.807) is 7.11 Å². The highest BCUT2D eigenvalue weighted by atomic mass is 16.5. The second-order valence-corrected chi connectivity index (χ2v) is 6.09. The van der Waals surface area contributed by atoms with Crippen LogP contribution >= 0.6 is 0 Å². The lowest BCUT2D eigenvalue weighted by molar-refractivity contribution is -0.130. The first kappa shape index (κ1) is 16.5. The van der Waals surface area contributed by atoms with Gasteiger partial charge in [-0.05, 0) is 36.1 Å². The Morgan fingerprint density at radius 2 is 1.75 bits per heavy atom. The van der Waals surface area contributed by atoms with Crippen LogP contribution in [0.25, 0.3) is 0 Å². The quantitative estimate of drug-likeness (QED) is 0.919. The molecular formula is C20H23NO3. The molecule has 2 aromatic carbocycles. The van der Waals surface area contributed by atoms with Gasteiger partial charge in [0.2, 0.25) is 5.91 Å². The molecule has 4 heteroatoms. The van der Waals surface area contributed by atoms with Crippen LogP contribution in [0.3, 0.4) is 0 Å². The topological polar surface area (TPSA) is 47.6 Å². The SMILES string of the molecule is COc1ccc(C2(C(=O)NCc3ccccc3)CCOCC2)cc1. The standard InChI is InChI=1S/C20H23NO3/c1-23-18-9-7-17(8-10-18)20(11-13-24-14-12-20)19(22)21-15-16-5-3-2-4-6-16/h2-10H,11-15H2,1H3,(H,21,22). The summed E-state index contributed by atoms with van der Waals surface area (Å²) in [7, 11) is 1.64. The molecule has 0 saturated carbocycles. The van der Waals surface area contributed by atoms with Crippen LogP contribution in [-0.4, -0.2) is 26.2 Å². The Labute approximate surface area is 142 Å². The summed E-state index contributed by atoms with van der Waals surface area (Å²) in [5.74, 6) is 0.866. The summed E-state index contributed by atoms with van der Waals surface area (Å²) < 4.78 is 10.7. The van der Waals surface area contributed by atoms with Crippen molar-refractivity contribution in [1.29, 1.82) is 0 Å². The minimum atomic E-state index is -0.528. The Kier molecular flexibility index (Phi) is 5.16. The van der Waals surface area contributed by atoms with Crippen LogP contribution in [-0.2, 0) is 21.5 Å². The van der Waals surface area contributed by atoms with Crippen molar-refractivity contribution >= 4 is 5.91 Å². The second kappa shape index (κ2) is 7.49. The zero-order chi connectivity index (χ0) is 16.8. The molecule has 126 valence electrons. The van der Waals surface area contributed by atoms with E-state index >= 15 is 0 Å². The van der Waals surface area contributed by atoms with Crippen LogP contribution in [0.5, 0.6) is 5.75 Å². The van der Waals surface area contributed by atoms with Crippen molar-refractivity contribution in [3.05, 3.63) is 65.7 Å².